The lowest BCUT2D eigenvalue weighted by molar-refractivity contribution is 0.371. The first-order valence-electron chi connectivity index (χ1n) is 12.0. The van der Waals surface area contributed by atoms with Gasteiger partial charge in [0.05, 0.1) is 7.03 Å². The van der Waals surface area contributed by atoms with Crippen molar-refractivity contribution in [2.45, 2.75) is 123 Å². The van der Waals surface area contributed by atoms with Crippen LogP contribution in [0.5, 0.6) is 0 Å². The number of benzene rings is 1. The Balaban J connectivity index is 3.90. The van der Waals surface area contributed by atoms with E-state index in [1.54, 1.807) is 0 Å². The molecule has 0 atom stereocenters. The van der Waals surface area contributed by atoms with Gasteiger partial charge in [0.1, 0.15) is 0 Å². The van der Waals surface area contributed by atoms with Gasteiger partial charge in [-0.1, -0.05) is 141 Å². The molecule has 0 nitrogen and oxygen atoms in total. The first-order valence-corrected chi connectivity index (χ1v) is 22.8. The molecular weight excluding hydrogens is 488 g/mol. The van der Waals surface area contributed by atoms with Crippen LogP contribution in [0.3, 0.4) is 0 Å². The topological polar surface area (TPSA) is 0 Å². The molecule has 0 radical (unpaired) electrons. The second kappa shape index (κ2) is 9.11. The van der Waals surface area contributed by atoms with Crippen molar-refractivity contribution in [2.75, 3.05) is 0 Å². The lowest BCUT2D eigenvalue weighted by Crippen LogP contribution is -2.60. The van der Waals surface area contributed by atoms with E-state index in [9.17, 15) is 0 Å². The van der Waals surface area contributed by atoms with E-state index in [1.165, 1.54) is 23.1 Å². The second-order valence-corrected chi connectivity index (χ2v) is 31.6. The SMILES string of the molecule is CC(C)(C)CC(/[Si](Br)=C/c1cc(C(C)(C)C)cc(C(C)(C)C)c1)([Si](C)(C)C)[Si](C)(C)C. The van der Waals surface area contributed by atoms with Crippen LogP contribution in [0.15, 0.2) is 18.2 Å². The predicted molar refractivity (Wildman–Crippen MR) is 157 cm³/mol. The van der Waals surface area contributed by atoms with Crippen LogP contribution >= 0.6 is 15.3 Å². The van der Waals surface area contributed by atoms with Gasteiger partial charge in [0.15, 0.2) is 0 Å². The van der Waals surface area contributed by atoms with Crippen molar-refractivity contribution in [1.29, 1.82) is 0 Å². The maximum atomic E-state index is 4.43. The van der Waals surface area contributed by atoms with Gasteiger partial charge in [-0.15, -0.1) is 0 Å². The standard InChI is InChI=1S/C27H51BrSi3/c1-24(2,3)20-27(30(10,11)12,31(13,14)15)29(28)19-21-16-22(25(4,5)6)18-23(17-21)26(7,8)9/h16-19H,20H2,1-15H3/b29-19-. The fraction of sp³-hybridized carbons (Fsp3) is 0.741. The van der Waals surface area contributed by atoms with E-state index in [0.29, 0.717) is 9.70 Å². The zero-order chi connectivity index (χ0) is 24.8. The highest BCUT2D eigenvalue weighted by Gasteiger charge is 2.55. The zero-order valence-electron chi connectivity index (χ0n) is 23.4. The van der Waals surface area contributed by atoms with E-state index in [-0.39, 0.29) is 10.8 Å². The van der Waals surface area contributed by atoms with Crippen molar-refractivity contribution in [3.05, 3.63) is 34.9 Å². The molecule has 0 aliphatic heterocycles. The molecule has 1 rings (SSSR count). The largest absolute Gasteiger partial charge is 0.0989 e. The van der Waals surface area contributed by atoms with Crippen molar-refractivity contribution < 1.29 is 0 Å². The van der Waals surface area contributed by atoms with Gasteiger partial charge < -0.3 is 0 Å². The molecule has 4 heteroatoms. The molecule has 0 aliphatic rings. The third kappa shape index (κ3) is 7.10. The Bertz CT molecular complexity index is 755. The third-order valence-electron chi connectivity index (χ3n) is 6.74. The summed E-state index contributed by atoms with van der Waals surface area (Å²) in [5.41, 5.74) is 7.66. The summed E-state index contributed by atoms with van der Waals surface area (Å²) in [6.45, 7) is 37.1. The monoisotopic (exact) mass is 538 g/mol. The number of halogens is 1. The van der Waals surface area contributed by atoms with Crippen LogP contribution in [0.1, 0.15) is 85.4 Å². The summed E-state index contributed by atoms with van der Waals surface area (Å²) in [7, 11) is -3.84. The summed E-state index contributed by atoms with van der Waals surface area (Å²) >= 11 is 4.43. The minimum Gasteiger partial charge on any atom is -0.0989 e. The van der Waals surface area contributed by atoms with Gasteiger partial charge in [-0.2, -0.15) is 0 Å². The highest BCUT2D eigenvalue weighted by Crippen LogP contribution is 2.55. The average Bonchev–Trinajstić information content (AvgIpc) is 2.47. The molecule has 178 valence electrons. The van der Waals surface area contributed by atoms with Crippen LogP contribution in [0.25, 0.3) is 0 Å². The minimum atomic E-state index is -1.47. The van der Waals surface area contributed by atoms with E-state index >= 15 is 0 Å². The molecule has 0 bridgehead atoms. The van der Waals surface area contributed by atoms with Gasteiger partial charge in [0.2, 0.25) is 0 Å². The molecule has 0 aromatic heterocycles. The minimum absolute atomic E-state index is 0.156. The predicted octanol–water partition coefficient (Wildman–Crippen LogP) is 9.33. The highest BCUT2D eigenvalue weighted by molar-refractivity contribution is 9.24. The molecule has 31 heavy (non-hydrogen) atoms. The van der Waals surface area contributed by atoms with Crippen molar-refractivity contribution in [1.82, 2.24) is 0 Å². The summed E-state index contributed by atoms with van der Waals surface area (Å²) in [5.74, 6) is 0. The molecule has 0 heterocycles. The number of hydrogen-bond acceptors (Lipinski definition) is 0. The Labute approximate surface area is 206 Å². The summed E-state index contributed by atoms with van der Waals surface area (Å²) in [6.07, 6.45) is 1.33. The maximum Gasteiger partial charge on any atom is 0.0956 e. The van der Waals surface area contributed by atoms with Crippen molar-refractivity contribution in [3.63, 3.8) is 0 Å². The quantitative estimate of drug-likeness (QED) is 0.258. The normalized spacial score (nSPS) is 15.4. The van der Waals surface area contributed by atoms with Crippen LogP contribution < -0.4 is 0 Å². The Morgan fingerprint density at radius 2 is 1.06 bits per heavy atom. The first-order chi connectivity index (χ1) is 13.4. The number of rotatable bonds is 5. The highest BCUT2D eigenvalue weighted by atomic mass is 79.9. The molecule has 0 N–H and O–H groups in total. The van der Waals surface area contributed by atoms with Crippen LogP contribution in [0.2, 0.25) is 43.6 Å². The fourth-order valence-corrected chi connectivity index (χ4v) is 35.7. The van der Waals surface area contributed by atoms with Crippen LogP contribution in [-0.4, -0.2) is 28.8 Å². The Kier molecular flexibility index (Phi) is 8.60. The lowest BCUT2D eigenvalue weighted by atomic mass is 9.80. The van der Waals surface area contributed by atoms with Gasteiger partial charge in [0.25, 0.3) is 0 Å². The maximum absolute atomic E-state index is 4.43. The van der Waals surface area contributed by atoms with E-state index < -0.39 is 23.2 Å². The Hall–Kier alpha value is 0.221. The van der Waals surface area contributed by atoms with Crippen LogP contribution in [-0.2, 0) is 10.8 Å². The fourth-order valence-electron chi connectivity index (χ4n) is 5.12. The van der Waals surface area contributed by atoms with Gasteiger partial charge in [0, 0.05) is 16.1 Å². The molecule has 0 saturated carbocycles. The molecule has 0 spiro atoms. The molecule has 1 aromatic carbocycles. The summed E-state index contributed by atoms with van der Waals surface area (Å²) < 4.78 is 0.461. The van der Waals surface area contributed by atoms with Crippen LogP contribution in [0, 0.1) is 5.41 Å². The molecule has 0 aliphatic carbocycles. The van der Waals surface area contributed by atoms with E-state index in [1.807, 2.05) is 0 Å². The van der Waals surface area contributed by atoms with Gasteiger partial charge in [-0.3, -0.25) is 0 Å². The van der Waals surface area contributed by atoms with E-state index in [4.69, 9.17) is 0 Å². The van der Waals surface area contributed by atoms with Crippen molar-refractivity contribution >= 4 is 44.1 Å². The molecule has 0 amide bonds. The Morgan fingerprint density at radius 3 is 1.32 bits per heavy atom. The second-order valence-electron chi connectivity index (χ2n) is 15.0. The molecule has 0 fully saturated rings. The van der Waals surface area contributed by atoms with Gasteiger partial charge in [-0.25, -0.2) is 0 Å². The molecule has 0 saturated heterocycles. The van der Waals surface area contributed by atoms with Crippen molar-refractivity contribution in [2.24, 2.45) is 5.41 Å². The third-order valence-corrected chi connectivity index (χ3v) is 29.3. The summed E-state index contributed by atoms with van der Waals surface area (Å²) in [4.78, 5) is 0. The number of hydrogen-bond donors (Lipinski definition) is 0. The molecular formula is C27H51BrSi3. The van der Waals surface area contributed by atoms with E-state index in [2.05, 4.69) is 141 Å². The van der Waals surface area contributed by atoms with E-state index in [0.717, 1.165) is 0 Å². The smallest absolute Gasteiger partial charge is 0.0956 e. The molecule has 1 aromatic rings. The van der Waals surface area contributed by atoms with Crippen LogP contribution in [0.4, 0.5) is 0 Å². The average molecular weight is 540 g/mol. The summed E-state index contributed by atoms with van der Waals surface area (Å²) in [5, 5.41) is 0. The molecule has 0 unspecified atom stereocenters. The first kappa shape index (κ1) is 29.3. The zero-order valence-corrected chi connectivity index (χ0v) is 28.0. The Morgan fingerprint density at radius 1 is 0.710 bits per heavy atom. The summed E-state index contributed by atoms with van der Waals surface area (Å²) in [6, 6.07) is 7.38. The lowest BCUT2D eigenvalue weighted by Gasteiger charge is -2.55. The van der Waals surface area contributed by atoms with Crippen molar-refractivity contribution in [3.8, 4) is 0 Å². The van der Waals surface area contributed by atoms with Gasteiger partial charge in [-0.05, 0) is 43.6 Å². The van der Waals surface area contributed by atoms with Gasteiger partial charge >= 0.3 is 0 Å².